The monoisotopic (exact) mass is 393 g/mol. The zero-order valence-corrected chi connectivity index (χ0v) is 14.8. The minimum Gasteiger partial charge on any atom is -0.378 e. The first-order valence-corrected chi connectivity index (χ1v) is 8.86. The highest BCUT2D eigenvalue weighted by molar-refractivity contribution is 9.10. The molecule has 1 aliphatic carbocycles. The smallest absolute Gasteiger partial charge is 0.0583 e. The Balaban J connectivity index is 1.85. The van der Waals surface area contributed by atoms with Crippen LogP contribution < -0.4 is 5.32 Å². The van der Waals surface area contributed by atoms with Crippen LogP contribution in [-0.2, 0) is 0 Å². The standard InChI is InChI=1S/C18H14BrCl2N/c19-10-7-8-16-13(9-10)11-3-1-4-12(11)18(22-16)17-14(20)5-2-6-15(17)21/h1-3,5-9,11-12,18,22H,4H2/t11-,12+,18-/m1/s1. The van der Waals surface area contributed by atoms with Crippen molar-refractivity contribution in [2.45, 2.75) is 18.4 Å². The van der Waals surface area contributed by atoms with Crippen molar-refractivity contribution in [2.24, 2.45) is 5.92 Å². The summed E-state index contributed by atoms with van der Waals surface area (Å²) in [7, 11) is 0. The van der Waals surface area contributed by atoms with Gasteiger partial charge in [0.25, 0.3) is 0 Å². The Bertz CT molecular complexity index is 751. The molecule has 3 atom stereocenters. The molecule has 4 heteroatoms. The van der Waals surface area contributed by atoms with Crippen LogP contribution in [0.15, 0.2) is 53.0 Å². The molecule has 0 amide bonds. The zero-order chi connectivity index (χ0) is 15.3. The summed E-state index contributed by atoms with van der Waals surface area (Å²) in [6, 6.07) is 12.3. The minimum absolute atomic E-state index is 0.134. The van der Waals surface area contributed by atoms with Crippen LogP contribution in [0.3, 0.4) is 0 Å². The van der Waals surface area contributed by atoms with Gasteiger partial charge < -0.3 is 5.32 Å². The predicted octanol–water partition coefficient (Wildman–Crippen LogP) is 6.58. The fraction of sp³-hybridized carbons (Fsp3) is 0.222. The van der Waals surface area contributed by atoms with E-state index in [2.05, 4.69) is 51.6 Å². The Morgan fingerprint density at radius 1 is 1.09 bits per heavy atom. The molecule has 0 aromatic heterocycles. The number of fused-ring (bicyclic) bond motifs is 3. The topological polar surface area (TPSA) is 12.0 Å². The quantitative estimate of drug-likeness (QED) is 0.538. The molecule has 4 rings (SSSR count). The van der Waals surface area contributed by atoms with Gasteiger partial charge in [-0.25, -0.2) is 0 Å². The van der Waals surface area contributed by atoms with E-state index in [4.69, 9.17) is 23.2 Å². The highest BCUT2D eigenvalue weighted by Gasteiger charge is 2.39. The lowest BCUT2D eigenvalue weighted by atomic mass is 9.77. The Hall–Kier alpha value is -0.960. The number of halogens is 3. The summed E-state index contributed by atoms with van der Waals surface area (Å²) in [5, 5.41) is 5.13. The van der Waals surface area contributed by atoms with Gasteiger partial charge in [-0.3, -0.25) is 0 Å². The van der Waals surface area contributed by atoms with Crippen molar-refractivity contribution in [1.29, 1.82) is 0 Å². The SMILES string of the molecule is Clc1cccc(Cl)c1[C@@H]1Nc2ccc(Br)cc2[C@@H]2C=CC[C@@H]21. The number of allylic oxidation sites excluding steroid dienone is 2. The van der Waals surface area contributed by atoms with E-state index in [9.17, 15) is 0 Å². The van der Waals surface area contributed by atoms with Gasteiger partial charge in [-0.2, -0.15) is 0 Å². The number of anilines is 1. The van der Waals surface area contributed by atoms with Crippen LogP contribution in [0.5, 0.6) is 0 Å². The molecule has 0 unspecified atom stereocenters. The van der Waals surface area contributed by atoms with E-state index in [1.54, 1.807) is 0 Å². The fourth-order valence-corrected chi connectivity index (χ4v) is 4.67. The highest BCUT2D eigenvalue weighted by Crippen LogP contribution is 2.52. The lowest BCUT2D eigenvalue weighted by Crippen LogP contribution is -2.29. The molecule has 0 spiro atoms. The van der Waals surface area contributed by atoms with Crippen molar-refractivity contribution in [3.8, 4) is 0 Å². The van der Waals surface area contributed by atoms with E-state index >= 15 is 0 Å². The predicted molar refractivity (Wildman–Crippen MR) is 97.0 cm³/mol. The molecule has 0 bridgehead atoms. The molecule has 112 valence electrons. The van der Waals surface area contributed by atoms with Gasteiger partial charge in [0, 0.05) is 31.7 Å². The van der Waals surface area contributed by atoms with E-state index in [1.807, 2.05) is 18.2 Å². The molecule has 2 aromatic carbocycles. The van der Waals surface area contributed by atoms with Crippen LogP contribution in [0.4, 0.5) is 5.69 Å². The number of benzene rings is 2. The van der Waals surface area contributed by atoms with E-state index in [0.29, 0.717) is 11.8 Å². The number of hydrogen-bond acceptors (Lipinski definition) is 1. The normalized spacial score (nSPS) is 25.5. The molecule has 0 saturated heterocycles. The van der Waals surface area contributed by atoms with Gasteiger partial charge >= 0.3 is 0 Å². The lowest BCUT2D eigenvalue weighted by Gasteiger charge is -2.38. The molecule has 1 heterocycles. The maximum absolute atomic E-state index is 6.45. The molecular formula is C18H14BrCl2N. The van der Waals surface area contributed by atoms with Crippen molar-refractivity contribution >= 4 is 44.8 Å². The lowest BCUT2D eigenvalue weighted by molar-refractivity contribution is 0.425. The maximum atomic E-state index is 6.45. The number of rotatable bonds is 1. The van der Waals surface area contributed by atoms with Crippen LogP contribution in [0, 0.1) is 5.92 Å². The van der Waals surface area contributed by atoms with Gasteiger partial charge in [-0.05, 0) is 48.2 Å². The second-order valence-electron chi connectivity index (χ2n) is 5.84. The van der Waals surface area contributed by atoms with Crippen LogP contribution in [0.25, 0.3) is 0 Å². The third kappa shape index (κ3) is 2.29. The summed E-state index contributed by atoms with van der Waals surface area (Å²) < 4.78 is 1.11. The average molecular weight is 395 g/mol. The zero-order valence-electron chi connectivity index (χ0n) is 11.7. The second kappa shape index (κ2) is 5.59. The molecule has 0 saturated carbocycles. The number of nitrogens with one attached hydrogen (secondary N) is 1. The first-order valence-electron chi connectivity index (χ1n) is 7.31. The maximum Gasteiger partial charge on any atom is 0.0583 e. The van der Waals surface area contributed by atoms with E-state index in [-0.39, 0.29) is 6.04 Å². The van der Waals surface area contributed by atoms with Gasteiger partial charge in [-0.15, -0.1) is 0 Å². The summed E-state index contributed by atoms with van der Waals surface area (Å²) in [6.45, 7) is 0. The van der Waals surface area contributed by atoms with Crippen LogP contribution >= 0.6 is 39.1 Å². The summed E-state index contributed by atoms with van der Waals surface area (Å²) in [4.78, 5) is 0. The van der Waals surface area contributed by atoms with E-state index in [0.717, 1.165) is 32.2 Å². The van der Waals surface area contributed by atoms with E-state index in [1.165, 1.54) is 5.56 Å². The summed E-state index contributed by atoms with van der Waals surface area (Å²) >= 11 is 16.5. The van der Waals surface area contributed by atoms with Crippen molar-refractivity contribution in [1.82, 2.24) is 0 Å². The molecular weight excluding hydrogens is 381 g/mol. The molecule has 2 aliphatic rings. The second-order valence-corrected chi connectivity index (χ2v) is 7.57. The highest BCUT2D eigenvalue weighted by atomic mass is 79.9. The van der Waals surface area contributed by atoms with Crippen LogP contribution in [-0.4, -0.2) is 0 Å². The van der Waals surface area contributed by atoms with E-state index < -0.39 is 0 Å². The largest absolute Gasteiger partial charge is 0.378 e. The van der Waals surface area contributed by atoms with Crippen molar-refractivity contribution in [3.63, 3.8) is 0 Å². The molecule has 22 heavy (non-hydrogen) atoms. The number of hydrogen-bond donors (Lipinski definition) is 1. The molecule has 2 aromatic rings. The van der Waals surface area contributed by atoms with Gasteiger partial charge in [0.15, 0.2) is 0 Å². The molecule has 1 aliphatic heterocycles. The average Bonchev–Trinajstić information content (AvgIpc) is 2.97. The molecule has 1 N–H and O–H groups in total. The van der Waals surface area contributed by atoms with Crippen LogP contribution in [0.2, 0.25) is 10.0 Å². The van der Waals surface area contributed by atoms with Crippen molar-refractivity contribution < 1.29 is 0 Å². The molecule has 0 fully saturated rings. The van der Waals surface area contributed by atoms with Crippen LogP contribution in [0.1, 0.15) is 29.5 Å². The first-order chi connectivity index (χ1) is 10.6. The Kier molecular flexibility index (Phi) is 3.72. The Morgan fingerprint density at radius 2 is 1.86 bits per heavy atom. The Morgan fingerprint density at radius 3 is 2.64 bits per heavy atom. The summed E-state index contributed by atoms with van der Waals surface area (Å²) in [5.41, 5.74) is 3.52. The molecule has 1 nitrogen and oxygen atoms in total. The van der Waals surface area contributed by atoms with Gasteiger partial charge in [0.1, 0.15) is 0 Å². The minimum atomic E-state index is 0.134. The van der Waals surface area contributed by atoms with Gasteiger partial charge in [0.2, 0.25) is 0 Å². The summed E-state index contributed by atoms with van der Waals surface area (Å²) in [6.07, 6.45) is 5.62. The Labute approximate surface area is 148 Å². The third-order valence-electron chi connectivity index (χ3n) is 4.64. The first kappa shape index (κ1) is 14.6. The fourth-order valence-electron chi connectivity index (χ4n) is 3.66. The van der Waals surface area contributed by atoms with Gasteiger partial charge in [-0.1, -0.05) is 57.4 Å². The van der Waals surface area contributed by atoms with Crippen molar-refractivity contribution in [3.05, 3.63) is 74.2 Å². The molecule has 0 radical (unpaired) electrons. The summed E-state index contributed by atoms with van der Waals surface area (Å²) in [5.74, 6) is 0.852. The third-order valence-corrected chi connectivity index (χ3v) is 5.79. The van der Waals surface area contributed by atoms with Gasteiger partial charge in [0.05, 0.1) is 6.04 Å². The van der Waals surface area contributed by atoms with Crippen molar-refractivity contribution in [2.75, 3.05) is 5.32 Å².